The van der Waals surface area contributed by atoms with Gasteiger partial charge in [-0.15, -0.1) is 0 Å². The standard InChI is InChI=1S/C31H38N6O3/c1-19(2)37-29-26(18-33-37)24(30(39)32-17-25-20(3)15-21(4)34-31(25)40)16-27(35-29)22-10-12-23(13-11-22)28(38)9-7-8-14-36(5)6/h10-13,15-16,18-19H,7-9,14,17H2,1-6H3,(H,32,39)(H,34,40). The number of nitrogens with one attached hydrogen (secondary N) is 2. The highest BCUT2D eigenvalue weighted by Crippen LogP contribution is 2.27. The minimum atomic E-state index is -0.319. The fourth-order valence-corrected chi connectivity index (χ4v) is 4.78. The van der Waals surface area contributed by atoms with Gasteiger partial charge in [0.15, 0.2) is 11.4 Å². The van der Waals surface area contributed by atoms with Crippen LogP contribution in [-0.2, 0) is 6.54 Å². The van der Waals surface area contributed by atoms with E-state index in [1.807, 2.05) is 72.1 Å². The van der Waals surface area contributed by atoms with Gasteiger partial charge in [0, 0.05) is 41.4 Å². The molecule has 0 spiro atoms. The first-order chi connectivity index (χ1) is 19.0. The van der Waals surface area contributed by atoms with Crippen LogP contribution in [0.2, 0.25) is 0 Å². The highest BCUT2D eigenvalue weighted by molar-refractivity contribution is 6.06. The van der Waals surface area contributed by atoms with Crippen molar-refractivity contribution in [1.82, 2.24) is 30.0 Å². The number of H-pyrrole nitrogens is 1. The van der Waals surface area contributed by atoms with Gasteiger partial charge in [0.25, 0.3) is 11.5 Å². The van der Waals surface area contributed by atoms with E-state index in [0.717, 1.165) is 36.2 Å². The lowest BCUT2D eigenvalue weighted by molar-refractivity contribution is 0.0950. The zero-order chi connectivity index (χ0) is 29.0. The minimum Gasteiger partial charge on any atom is -0.348 e. The van der Waals surface area contributed by atoms with Crippen LogP contribution in [0.25, 0.3) is 22.3 Å². The maximum absolute atomic E-state index is 13.5. The molecule has 9 heteroatoms. The molecular formula is C31H38N6O3. The van der Waals surface area contributed by atoms with Gasteiger partial charge in [0.05, 0.1) is 22.8 Å². The van der Waals surface area contributed by atoms with Gasteiger partial charge in [-0.3, -0.25) is 14.4 Å². The molecule has 0 unspecified atom stereocenters. The summed E-state index contributed by atoms with van der Waals surface area (Å²) in [6.07, 6.45) is 4.00. The molecule has 9 nitrogen and oxygen atoms in total. The SMILES string of the molecule is Cc1cc(C)c(CNC(=O)c2cc(-c3ccc(C(=O)CCCCN(C)C)cc3)nc3c2cnn3C(C)C)c(=O)[nH]1. The van der Waals surface area contributed by atoms with Crippen molar-refractivity contribution in [1.29, 1.82) is 0 Å². The maximum Gasteiger partial charge on any atom is 0.253 e. The number of fused-ring (bicyclic) bond motifs is 1. The zero-order valence-electron chi connectivity index (χ0n) is 24.2. The van der Waals surface area contributed by atoms with Crippen LogP contribution >= 0.6 is 0 Å². The summed E-state index contributed by atoms with van der Waals surface area (Å²) in [5.74, 6) is -0.200. The molecule has 0 atom stereocenters. The number of amides is 1. The van der Waals surface area contributed by atoms with Crippen LogP contribution in [-0.4, -0.2) is 57.0 Å². The van der Waals surface area contributed by atoms with Crippen LogP contribution in [0.1, 0.15) is 76.7 Å². The van der Waals surface area contributed by atoms with Crippen molar-refractivity contribution in [2.75, 3.05) is 20.6 Å². The largest absolute Gasteiger partial charge is 0.348 e. The Hall–Kier alpha value is -4.11. The second-order valence-corrected chi connectivity index (χ2v) is 10.9. The van der Waals surface area contributed by atoms with E-state index in [9.17, 15) is 14.4 Å². The molecule has 0 saturated carbocycles. The van der Waals surface area contributed by atoms with Crippen LogP contribution in [0.5, 0.6) is 0 Å². The number of aromatic nitrogens is 4. The Kier molecular flexibility index (Phi) is 8.94. The molecule has 210 valence electrons. The Morgan fingerprint density at radius 1 is 1.07 bits per heavy atom. The molecule has 0 aliphatic rings. The van der Waals surface area contributed by atoms with Gasteiger partial charge in [-0.2, -0.15) is 5.10 Å². The van der Waals surface area contributed by atoms with E-state index >= 15 is 0 Å². The molecule has 4 aromatic rings. The predicted octanol–water partition coefficient (Wildman–Crippen LogP) is 4.83. The molecule has 0 fully saturated rings. The van der Waals surface area contributed by atoms with Gasteiger partial charge in [-0.25, -0.2) is 9.67 Å². The number of aromatic amines is 1. The average Bonchev–Trinajstić information content (AvgIpc) is 3.34. The number of benzene rings is 1. The number of rotatable bonds is 11. The van der Waals surface area contributed by atoms with Crippen LogP contribution in [0.3, 0.4) is 0 Å². The van der Waals surface area contributed by atoms with Gasteiger partial charge in [0.2, 0.25) is 0 Å². The van der Waals surface area contributed by atoms with Crippen molar-refractivity contribution in [3.8, 4) is 11.3 Å². The van der Waals surface area contributed by atoms with E-state index in [0.29, 0.717) is 39.8 Å². The van der Waals surface area contributed by atoms with Crippen molar-refractivity contribution >= 4 is 22.7 Å². The Morgan fingerprint density at radius 2 is 1.80 bits per heavy atom. The molecule has 3 aromatic heterocycles. The van der Waals surface area contributed by atoms with Crippen LogP contribution < -0.4 is 10.9 Å². The summed E-state index contributed by atoms with van der Waals surface area (Å²) in [5, 5.41) is 8.03. The van der Waals surface area contributed by atoms with Gasteiger partial charge >= 0.3 is 0 Å². The summed E-state index contributed by atoms with van der Waals surface area (Å²) in [5.41, 5.74) is 4.99. The van der Waals surface area contributed by atoms with Gasteiger partial charge < -0.3 is 15.2 Å². The molecule has 1 amide bonds. The number of nitrogens with zero attached hydrogens (tertiary/aromatic N) is 4. The smallest absolute Gasteiger partial charge is 0.253 e. The molecular weight excluding hydrogens is 504 g/mol. The quantitative estimate of drug-likeness (QED) is 0.207. The summed E-state index contributed by atoms with van der Waals surface area (Å²) >= 11 is 0. The summed E-state index contributed by atoms with van der Waals surface area (Å²) in [6.45, 7) is 8.76. The molecule has 40 heavy (non-hydrogen) atoms. The topological polar surface area (TPSA) is 113 Å². The van der Waals surface area contributed by atoms with Gasteiger partial charge in [-0.1, -0.05) is 24.3 Å². The molecule has 3 heterocycles. The molecule has 0 saturated heterocycles. The third-order valence-corrected chi connectivity index (χ3v) is 6.98. The summed E-state index contributed by atoms with van der Waals surface area (Å²) in [6, 6.07) is 11.0. The fourth-order valence-electron chi connectivity index (χ4n) is 4.78. The fraction of sp³-hybridized carbons (Fsp3) is 0.387. The van der Waals surface area contributed by atoms with Crippen molar-refractivity contribution in [3.05, 3.63) is 80.9 Å². The molecule has 0 aliphatic heterocycles. The minimum absolute atomic E-state index is 0.0393. The first-order valence-electron chi connectivity index (χ1n) is 13.7. The van der Waals surface area contributed by atoms with E-state index in [4.69, 9.17) is 4.98 Å². The van der Waals surface area contributed by atoms with Crippen molar-refractivity contribution < 1.29 is 9.59 Å². The van der Waals surface area contributed by atoms with Crippen molar-refractivity contribution in [2.45, 2.75) is 59.5 Å². The van der Waals surface area contributed by atoms with E-state index in [1.54, 1.807) is 16.9 Å². The molecule has 0 radical (unpaired) electrons. The number of pyridine rings is 2. The predicted molar refractivity (Wildman–Crippen MR) is 158 cm³/mol. The Bertz CT molecular complexity index is 1580. The Morgan fingerprint density at radius 3 is 2.45 bits per heavy atom. The highest BCUT2D eigenvalue weighted by atomic mass is 16.2. The lowest BCUT2D eigenvalue weighted by atomic mass is 10.0. The van der Waals surface area contributed by atoms with Gasteiger partial charge in [0.1, 0.15) is 0 Å². The molecule has 0 aliphatic carbocycles. The number of unbranched alkanes of at least 4 members (excludes halogenated alkanes) is 1. The van der Waals surface area contributed by atoms with Crippen molar-refractivity contribution in [2.24, 2.45) is 0 Å². The number of carbonyl (C=O) groups is 2. The zero-order valence-corrected chi connectivity index (χ0v) is 24.2. The lowest BCUT2D eigenvalue weighted by Gasteiger charge is -2.12. The number of hydrogen-bond donors (Lipinski definition) is 2. The lowest BCUT2D eigenvalue weighted by Crippen LogP contribution is -2.28. The third kappa shape index (κ3) is 6.54. The number of Topliss-reactive ketones (excluding diaryl/α,β-unsaturated/α-hetero) is 1. The molecule has 2 N–H and O–H groups in total. The van der Waals surface area contributed by atoms with Crippen LogP contribution in [0.4, 0.5) is 0 Å². The van der Waals surface area contributed by atoms with E-state index < -0.39 is 0 Å². The van der Waals surface area contributed by atoms with E-state index in [2.05, 4.69) is 20.3 Å². The van der Waals surface area contributed by atoms with E-state index in [-0.39, 0.29) is 29.8 Å². The van der Waals surface area contributed by atoms with Crippen LogP contribution in [0.15, 0.2) is 47.4 Å². The Labute approximate surface area is 234 Å². The van der Waals surface area contributed by atoms with E-state index in [1.165, 1.54) is 0 Å². The highest BCUT2D eigenvalue weighted by Gasteiger charge is 2.19. The third-order valence-electron chi connectivity index (χ3n) is 6.98. The number of hydrogen-bond acceptors (Lipinski definition) is 6. The molecule has 0 bridgehead atoms. The molecule has 4 rings (SSSR count). The van der Waals surface area contributed by atoms with Gasteiger partial charge in [-0.05, 0) is 78.9 Å². The maximum atomic E-state index is 13.5. The summed E-state index contributed by atoms with van der Waals surface area (Å²) in [4.78, 5) is 48.4. The monoisotopic (exact) mass is 542 g/mol. The summed E-state index contributed by atoms with van der Waals surface area (Å²) < 4.78 is 1.79. The normalized spacial score (nSPS) is 11.5. The number of carbonyl (C=O) groups excluding carboxylic acids is 2. The Balaban J connectivity index is 1.62. The van der Waals surface area contributed by atoms with Crippen molar-refractivity contribution in [3.63, 3.8) is 0 Å². The average molecular weight is 543 g/mol. The number of ketones is 1. The molecule has 1 aromatic carbocycles. The van der Waals surface area contributed by atoms with Crippen LogP contribution in [0, 0.1) is 13.8 Å². The number of aryl methyl sites for hydroxylation is 2. The second kappa shape index (κ2) is 12.4. The first-order valence-corrected chi connectivity index (χ1v) is 13.7. The second-order valence-electron chi connectivity index (χ2n) is 10.9. The first kappa shape index (κ1) is 28.9. The summed E-state index contributed by atoms with van der Waals surface area (Å²) in [7, 11) is 4.06.